The average Bonchev–Trinajstić information content (AvgIpc) is 3.14. The van der Waals surface area contributed by atoms with E-state index >= 15 is 0 Å². The number of hydrogen-bond donors (Lipinski definition) is 0. The number of carbonyl (C=O) groups is 4. The number of β-lactam (4-membered cyclic amide) rings is 1. The summed E-state index contributed by atoms with van der Waals surface area (Å²) in [6.07, 6.45) is -0.789. The lowest BCUT2D eigenvalue weighted by Crippen LogP contribution is -2.71. The van der Waals surface area contributed by atoms with Crippen molar-refractivity contribution in [1.82, 2.24) is 9.80 Å². The lowest BCUT2D eigenvalue weighted by molar-refractivity contribution is -0.384. The average molecular weight is 467 g/mol. The summed E-state index contributed by atoms with van der Waals surface area (Å²) in [6.45, 7) is -0.168. The fourth-order valence-electron chi connectivity index (χ4n) is 4.10. The highest BCUT2D eigenvalue weighted by Crippen LogP contribution is 2.36. The summed E-state index contributed by atoms with van der Waals surface area (Å²) in [5.41, 5.74) is 1.18. The molecule has 0 aliphatic carbocycles. The number of ketones is 1. The number of fused-ring (bicyclic) bond motifs is 1. The zero-order valence-corrected chi connectivity index (χ0v) is 18.2. The van der Waals surface area contributed by atoms with Crippen LogP contribution in [-0.4, -0.2) is 63.6 Å². The van der Waals surface area contributed by atoms with E-state index in [2.05, 4.69) is 0 Å². The molecule has 0 aromatic heterocycles. The molecule has 3 atom stereocenters. The molecule has 2 fully saturated rings. The van der Waals surface area contributed by atoms with Gasteiger partial charge in [-0.3, -0.25) is 24.6 Å². The van der Waals surface area contributed by atoms with Gasteiger partial charge >= 0.3 is 12.1 Å². The van der Waals surface area contributed by atoms with Gasteiger partial charge in [-0.1, -0.05) is 30.3 Å². The molecule has 176 valence electrons. The summed E-state index contributed by atoms with van der Waals surface area (Å²) in [5.74, 6) is -1.89. The number of nitro benzene ring substituents is 1. The Morgan fingerprint density at radius 1 is 1.03 bits per heavy atom. The maximum Gasteiger partial charge on any atom is 0.410 e. The number of likely N-dealkylation sites (N-methyl/N-ethyl adjacent to an activating group) is 1. The van der Waals surface area contributed by atoms with E-state index in [-0.39, 0.29) is 25.3 Å². The van der Waals surface area contributed by atoms with Crippen LogP contribution in [0.1, 0.15) is 17.5 Å². The molecule has 2 amide bonds. The molecular weight excluding hydrogens is 446 g/mol. The van der Waals surface area contributed by atoms with Crippen LogP contribution in [0.4, 0.5) is 10.5 Å². The molecule has 4 rings (SSSR count). The van der Waals surface area contributed by atoms with Crippen molar-refractivity contribution in [1.29, 1.82) is 0 Å². The normalized spacial score (nSPS) is 20.9. The van der Waals surface area contributed by atoms with Gasteiger partial charge in [0.25, 0.3) is 5.69 Å². The maximum absolute atomic E-state index is 12.8. The fraction of sp³-hybridized carbons (Fsp3) is 0.304. The molecule has 0 spiro atoms. The summed E-state index contributed by atoms with van der Waals surface area (Å²) < 4.78 is 10.4. The second-order valence-corrected chi connectivity index (χ2v) is 8.01. The van der Waals surface area contributed by atoms with Gasteiger partial charge in [-0.25, -0.2) is 9.59 Å². The van der Waals surface area contributed by atoms with Crippen LogP contribution in [0.2, 0.25) is 0 Å². The van der Waals surface area contributed by atoms with Gasteiger partial charge in [0, 0.05) is 25.6 Å². The SMILES string of the molecule is CN(C(=O)OCc1ccccc1)C1C(=O)N2C(C(=O)OCc3ccc([N+](=O)[O-])cc3)C(=O)CC12. The molecule has 11 nitrogen and oxygen atoms in total. The molecule has 2 aliphatic heterocycles. The van der Waals surface area contributed by atoms with Crippen molar-refractivity contribution in [3.63, 3.8) is 0 Å². The topological polar surface area (TPSA) is 136 Å². The number of carbonyl (C=O) groups excluding carboxylic acids is 4. The van der Waals surface area contributed by atoms with Crippen LogP contribution in [0.3, 0.4) is 0 Å². The van der Waals surface area contributed by atoms with E-state index in [9.17, 15) is 29.3 Å². The molecule has 0 N–H and O–H groups in total. The molecule has 2 saturated heterocycles. The Labute approximate surface area is 194 Å². The van der Waals surface area contributed by atoms with Crippen LogP contribution in [0.5, 0.6) is 0 Å². The van der Waals surface area contributed by atoms with Crippen LogP contribution in [-0.2, 0) is 37.1 Å². The minimum absolute atomic E-state index is 0.0375. The van der Waals surface area contributed by atoms with E-state index in [1.807, 2.05) is 18.2 Å². The Morgan fingerprint density at radius 2 is 1.65 bits per heavy atom. The molecule has 0 saturated carbocycles. The standard InChI is InChI=1S/C23H21N3O8/c1-24(23(30)34-13-14-5-3-2-4-6-14)19-17-11-18(27)20(25(17)21(19)28)22(29)33-12-15-7-9-16(10-8-15)26(31)32/h2-10,17,19-20H,11-13H2,1H3. The van der Waals surface area contributed by atoms with Gasteiger partial charge in [-0.2, -0.15) is 0 Å². The van der Waals surface area contributed by atoms with E-state index in [1.165, 1.54) is 31.3 Å². The van der Waals surface area contributed by atoms with Crippen molar-refractivity contribution in [3.8, 4) is 0 Å². The molecule has 2 aromatic rings. The largest absolute Gasteiger partial charge is 0.459 e. The van der Waals surface area contributed by atoms with E-state index < -0.39 is 46.8 Å². The number of benzene rings is 2. The summed E-state index contributed by atoms with van der Waals surface area (Å²) in [5, 5.41) is 10.7. The highest BCUT2D eigenvalue weighted by Gasteiger charge is 2.62. The van der Waals surface area contributed by atoms with Crippen molar-refractivity contribution in [2.75, 3.05) is 7.05 Å². The molecule has 34 heavy (non-hydrogen) atoms. The molecule has 2 heterocycles. The molecule has 0 radical (unpaired) electrons. The number of hydrogen-bond acceptors (Lipinski definition) is 8. The summed E-state index contributed by atoms with van der Waals surface area (Å²) in [4.78, 5) is 62.7. The zero-order valence-electron chi connectivity index (χ0n) is 18.2. The maximum atomic E-state index is 12.8. The van der Waals surface area contributed by atoms with Gasteiger partial charge < -0.3 is 14.4 Å². The van der Waals surface area contributed by atoms with E-state index in [0.29, 0.717) is 5.56 Å². The van der Waals surface area contributed by atoms with Crippen molar-refractivity contribution in [2.24, 2.45) is 0 Å². The van der Waals surface area contributed by atoms with Crippen molar-refractivity contribution in [2.45, 2.75) is 37.8 Å². The fourth-order valence-corrected chi connectivity index (χ4v) is 4.10. The lowest BCUT2D eigenvalue weighted by atomic mass is 9.95. The summed E-state index contributed by atoms with van der Waals surface area (Å²) in [6, 6.07) is 11.6. The smallest absolute Gasteiger partial charge is 0.410 e. The first kappa shape index (κ1) is 22.9. The Morgan fingerprint density at radius 3 is 2.29 bits per heavy atom. The van der Waals surface area contributed by atoms with Gasteiger partial charge in [0.15, 0.2) is 11.8 Å². The van der Waals surface area contributed by atoms with Gasteiger partial charge in [-0.05, 0) is 23.3 Å². The number of rotatable bonds is 7. The summed E-state index contributed by atoms with van der Waals surface area (Å²) in [7, 11) is 1.41. The number of nitrogens with zero attached hydrogens (tertiary/aromatic N) is 3. The number of Topliss-reactive ketones (excluding diaryl/α,β-unsaturated/α-hetero) is 1. The highest BCUT2D eigenvalue weighted by atomic mass is 16.6. The van der Waals surface area contributed by atoms with Gasteiger partial charge in [0.2, 0.25) is 5.91 Å². The van der Waals surface area contributed by atoms with Crippen LogP contribution in [0.15, 0.2) is 54.6 Å². The quantitative estimate of drug-likeness (QED) is 0.198. The van der Waals surface area contributed by atoms with Gasteiger partial charge in [0.1, 0.15) is 19.3 Å². The van der Waals surface area contributed by atoms with Gasteiger partial charge in [0.05, 0.1) is 11.0 Å². The third-order valence-corrected chi connectivity index (χ3v) is 5.88. The Kier molecular flexibility index (Phi) is 6.26. The Balaban J connectivity index is 1.33. The molecular formula is C23H21N3O8. The lowest BCUT2D eigenvalue weighted by Gasteiger charge is -2.47. The predicted octanol–water partition coefficient (Wildman–Crippen LogP) is 1.83. The number of esters is 1. The highest BCUT2D eigenvalue weighted by molar-refractivity contribution is 6.12. The van der Waals surface area contributed by atoms with Crippen molar-refractivity contribution in [3.05, 3.63) is 75.8 Å². The van der Waals surface area contributed by atoms with E-state index in [4.69, 9.17) is 9.47 Å². The number of non-ortho nitro benzene ring substituents is 1. The minimum atomic E-state index is -1.37. The number of amides is 2. The number of ether oxygens (including phenoxy) is 2. The first-order chi connectivity index (χ1) is 16.3. The zero-order chi connectivity index (χ0) is 24.4. The van der Waals surface area contributed by atoms with E-state index in [1.54, 1.807) is 12.1 Å². The van der Waals surface area contributed by atoms with Crippen LogP contribution >= 0.6 is 0 Å². The van der Waals surface area contributed by atoms with Crippen molar-refractivity contribution >= 4 is 29.4 Å². The summed E-state index contributed by atoms with van der Waals surface area (Å²) >= 11 is 0. The third kappa shape index (κ3) is 4.32. The van der Waals surface area contributed by atoms with Crippen LogP contribution in [0.25, 0.3) is 0 Å². The third-order valence-electron chi connectivity index (χ3n) is 5.88. The monoisotopic (exact) mass is 467 g/mol. The Hall–Kier alpha value is -4.28. The molecule has 0 bridgehead atoms. The Bertz CT molecular complexity index is 1130. The van der Waals surface area contributed by atoms with Gasteiger partial charge in [-0.15, -0.1) is 0 Å². The number of nitro groups is 1. The molecule has 3 unspecified atom stereocenters. The van der Waals surface area contributed by atoms with Crippen LogP contribution < -0.4 is 0 Å². The second-order valence-electron chi connectivity index (χ2n) is 8.01. The molecule has 2 aliphatic rings. The second kappa shape index (κ2) is 9.30. The van der Waals surface area contributed by atoms with Crippen molar-refractivity contribution < 1.29 is 33.6 Å². The van der Waals surface area contributed by atoms with E-state index in [0.717, 1.165) is 15.4 Å². The van der Waals surface area contributed by atoms with Crippen LogP contribution in [0, 0.1) is 10.1 Å². The predicted molar refractivity (Wildman–Crippen MR) is 115 cm³/mol. The minimum Gasteiger partial charge on any atom is -0.459 e. The molecule has 11 heteroatoms. The first-order valence-electron chi connectivity index (χ1n) is 10.5. The first-order valence-corrected chi connectivity index (χ1v) is 10.5. The molecule has 2 aromatic carbocycles.